The molecular weight excluding hydrogens is 408 g/mol. The monoisotopic (exact) mass is 442 g/mol. The standard InChI is InChI=1S/C26H34O6/c1-14-23(5)13-16-22(4)11-10-17(27)21(2,3)15(22)9-12-24(16,6)26(14,20(30)32-8)19(29)25(7,31)18(23)28/h10-11,15-16,31H,1,9,12-13H2,2-8H3/t15?,16?,22-,23?,24+,25+,26?/m0/s1. The smallest absolute Gasteiger partial charge is 0.324 e. The van der Waals surface area contributed by atoms with Crippen LogP contribution in [-0.4, -0.2) is 41.1 Å². The lowest BCUT2D eigenvalue weighted by Crippen LogP contribution is -2.77. The van der Waals surface area contributed by atoms with Crippen LogP contribution < -0.4 is 0 Å². The zero-order valence-corrected chi connectivity index (χ0v) is 20.1. The first-order valence-electron chi connectivity index (χ1n) is 11.3. The Bertz CT molecular complexity index is 1010. The summed E-state index contributed by atoms with van der Waals surface area (Å²) in [6, 6.07) is 0. The zero-order valence-electron chi connectivity index (χ0n) is 20.1. The van der Waals surface area contributed by atoms with Gasteiger partial charge in [-0.3, -0.25) is 19.2 Å². The molecule has 3 fully saturated rings. The third kappa shape index (κ3) is 2.11. The minimum absolute atomic E-state index is 0.0123. The largest absolute Gasteiger partial charge is 0.468 e. The van der Waals surface area contributed by atoms with Crippen molar-refractivity contribution < 1.29 is 29.0 Å². The summed E-state index contributed by atoms with van der Waals surface area (Å²) < 4.78 is 5.21. The third-order valence-electron chi connectivity index (χ3n) is 10.1. The number of esters is 1. The Morgan fingerprint density at radius 2 is 1.66 bits per heavy atom. The first-order chi connectivity index (χ1) is 14.5. The van der Waals surface area contributed by atoms with Gasteiger partial charge in [0.05, 0.1) is 12.5 Å². The molecule has 0 spiro atoms. The summed E-state index contributed by atoms with van der Waals surface area (Å²) in [7, 11) is 1.22. The highest BCUT2D eigenvalue weighted by molar-refractivity contribution is 6.26. The molecule has 4 rings (SSSR count). The number of ether oxygens (including phenoxy) is 1. The molecule has 1 N–H and O–H groups in total. The number of fused-ring (bicyclic) bond motifs is 6. The molecule has 0 aliphatic heterocycles. The topological polar surface area (TPSA) is 97.7 Å². The fourth-order valence-corrected chi connectivity index (χ4v) is 8.29. The third-order valence-corrected chi connectivity index (χ3v) is 10.1. The molecule has 0 radical (unpaired) electrons. The molecule has 0 aromatic rings. The van der Waals surface area contributed by atoms with Crippen LogP contribution >= 0.6 is 0 Å². The van der Waals surface area contributed by atoms with Crippen molar-refractivity contribution in [2.24, 2.45) is 38.9 Å². The van der Waals surface area contributed by atoms with E-state index in [0.717, 1.165) is 0 Å². The molecule has 2 bridgehead atoms. The van der Waals surface area contributed by atoms with Gasteiger partial charge in [0.1, 0.15) is 0 Å². The van der Waals surface area contributed by atoms with E-state index in [-0.39, 0.29) is 23.2 Å². The van der Waals surface area contributed by atoms with E-state index in [2.05, 4.69) is 13.5 Å². The number of allylic oxidation sites excluding steroid dienone is 2. The summed E-state index contributed by atoms with van der Waals surface area (Å²) in [6.07, 6.45) is 4.99. The molecule has 6 heteroatoms. The number of ketones is 3. The van der Waals surface area contributed by atoms with Crippen molar-refractivity contribution in [1.29, 1.82) is 0 Å². The summed E-state index contributed by atoms with van der Waals surface area (Å²) in [5.74, 6) is -2.46. The molecule has 4 aliphatic carbocycles. The Labute approximate surface area is 189 Å². The van der Waals surface area contributed by atoms with E-state index in [0.29, 0.717) is 19.3 Å². The van der Waals surface area contributed by atoms with Crippen molar-refractivity contribution in [1.82, 2.24) is 0 Å². The number of hydrogen-bond donors (Lipinski definition) is 1. The Morgan fingerprint density at radius 1 is 1.06 bits per heavy atom. The minimum Gasteiger partial charge on any atom is -0.468 e. The van der Waals surface area contributed by atoms with Crippen LogP contribution in [-0.2, 0) is 23.9 Å². The molecule has 4 unspecified atom stereocenters. The lowest BCUT2D eigenvalue weighted by molar-refractivity contribution is -0.212. The van der Waals surface area contributed by atoms with Crippen molar-refractivity contribution in [3.8, 4) is 0 Å². The average Bonchev–Trinajstić information content (AvgIpc) is 2.71. The van der Waals surface area contributed by atoms with Gasteiger partial charge in [0.15, 0.2) is 28.4 Å². The van der Waals surface area contributed by atoms with Gasteiger partial charge in [-0.2, -0.15) is 0 Å². The van der Waals surface area contributed by atoms with Gasteiger partial charge >= 0.3 is 5.97 Å². The molecule has 0 saturated heterocycles. The Morgan fingerprint density at radius 3 is 2.22 bits per heavy atom. The number of methoxy groups -OCH3 is 1. The predicted octanol–water partition coefficient (Wildman–Crippen LogP) is 3.22. The molecule has 174 valence electrons. The van der Waals surface area contributed by atoms with E-state index >= 15 is 0 Å². The number of carbonyl (C=O) groups is 4. The maximum Gasteiger partial charge on any atom is 0.324 e. The molecule has 0 aromatic heterocycles. The number of rotatable bonds is 1. The van der Waals surface area contributed by atoms with Crippen LogP contribution in [0.1, 0.15) is 60.8 Å². The van der Waals surface area contributed by atoms with Crippen molar-refractivity contribution >= 4 is 23.3 Å². The first-order valence-corrected chi connectivity index (χ1v) is 11.3. The van der Waals surface area contributed by atoms with Crippen molar-refractivity contribution in [3.63, 3.8) is 0 Å². The minimum atomic E-state index is -2.31. The van der Waals surface area contributed by atoms with E-state index in [9.17, 15) is 24.3 Å². The van der Waals surface area contributed by atoms with Gasteiger partial charge in [-0.25, -0.2) is 0 Å². The van der Waals surface area contributed by atoms with E-state index in [1.807, 2.05) is 26.8 Å². The van der Waals surface area contributed by atoms with Gasteiger partial charge in [0.25, 0.3) is 0 Å². The summed E-state index contributed by atoms with van der Waals surface area (Å²) in [6.45, 7) is 14.9. The van der Waals surface area contributed by atoms with Crippen LogP contribution in [0.25, 0.3) is 0 Å². The van der Waals surface area contributed by atoms with Crippen LogP contribution in [0.3, 0.4) is 0 Å². The quantitative estimate of drug-likeness (QED) is 0.380. The molecule has 4 aliphatic rings. The fraction of sp³-hybridized carbons (Fsp3) is 0.692. The predicted molar refractivity (Wildman–Crippen MR) is 117 cm³/mol. The van der Waals surface area contributed by atoms with Crippen LogP contribution in [0.2, 0.25) is 0 Å². The second-order valence-electron chi connectivity index (χ2n) is 11.8. The van der Waals surface area contributed by atoms with Gasteiger partial charge in [0, 0.05) is 5.41 Å². The van der Waals surface area contributed by atoms with Crippen LogP contribution in [0.4, 0.5) is 0 Å². The van der Waals surface area contributed by atoms with E-state index in [1.54, 1.807) is 13.0 Å². The fourth-order valence-electron chi connectivity index (χ4n) is 8.29. The Kier molecular flexibility index (Phi) is 4.38. The highest BCUT2D eigenvalue weighted by Gasteiger charge is 2.81. The Balaban J connectivity index is 2.07. The molecule has 3 saturated carbocycles. The van der Waals surface area contributed by atoms with Crippen molar-refractivity contribution in [3.05, 3.63) is 24.3 Å². The van der Waals surface area contributed by atoms with Crippen LogP contribution in [0.15, 0.2) is 24.3 Å². The molecule has 0 amide bonds. The number of aliphatic hydroxyl groups is 1. The summed E-state index contributed by atoms with van der Waals surface area (Å²) in [4.78, 5) is 53.8. The van der Waals surface area contributed by atoms with Gasteiger partial charge in [-0.05, 0) is 67.4 Å². The SMILES string of the molecule is C=C1C2(C)CC3[C@@]4(C)C=CC(=O)C(C)(C)C4CC[C@@]3(C)C1(C(=O)OC)C(=O)[C@](C)(O)C2=O. The van der Waals surface area contributed by atoms with E-state index in [4.69, 9.17) is 4.74 Å². The van der Waals surface area contributed by atoms with Gasteiger partial charge < -0.3 is 9.84 Å². The number of carbonyl (C=O) groups excluding carboxylic acids is 4. The van der Waals surface area contributed by atoms with Crippen LogP contribution in [0, 0.1) is 38.9 Å². The van der Waals surface area contributed by atoms with Crippen LogP contribution in [0.5, 0.6) is 0 Å². The number of hydrogen-bond acceptors (Lipinski definition) is 6. The molecular formula is C26H34O6. The van der Waals surface area contributed by atoms with Gasteiger partial charge in [-0.15, -0.1) is 0 Å². The van der Waals surface area contributed by atoms with E-state index < -0.39 is 50.2 Å². The zero-order chi connectivity index (χ0) is 24.3. The highest BCUT2D eigenvalue weighted by atomic mass is 16.5. The van der Waals surface area contributed by atoms with Gasteiger partial charge in [0.2, 0.25) is 0 Å². The molecule has 6 nitrogen and oxygen atoms in total. The first kappa shape index (κ1) is 23.1. The van der Waals surface area contributed by atoms with E-state index in [1.165, 1.54) is 14.0 Å². The molecule has 0 heterocycles. The maximum atomic E-state index is 13.9. The summed E-state index contributed by atoms with van der Waals surface area (Å²) in [5.41, 5.74) is -7.28. The highest BCUT2D eigenvalue weighted by Crippen LogP contribution is 2.75. The molecule has 32 heavy (non-hydrogen) atoms. The summed E-state index contributed by atoms with van der Waals surface area (Å²) in [5, 5.41) is 11.1. The van der Waals surface area contributed by atoms with Gasteiger partial charge in [-0.1, -0.05) is 40.3 Å². The maximum absolute atomic E-state index is 13.9. The van der Waals surface area contributed by atoms with Crippen molar-refractivity contribution in [2.75, 3.05) is 7.11 Å². The molecule has 0 aromatic carbocycles. The Hall–Kier alpha value is -2.08. The average molecular weight is 443 g/mol. The lowest BCUT2D eigenvalue weighted by atomic mass is 9.31. The second kappa shape index (κ2) is 6.07. The normalized spacial score (nSPS) is 49.4. The van der Waals surface area contributed by atoms with Crippen molar-refractivity contribution in [2.45, 2.75) is 66.4 Å². The summed E-state index contributed by atoms with van der Waals surface area (Å²) >= 11 is 0. The molecule has 7 atom stereocenters. The number of Topliss-reactive ketones (excluding diaryl/α,β-unsaturated/α-hetero) is 2. The lowest BCUT2D eigenvalue weighted by Gasteiger charge is -2.70. The second-order valence-corrected chi connectivity index (χ2v) is 11.8.